The van der Waals surface area contributed by atoms with Gasteiger partial charge in [0.2, 0.25) is 11.8 Å². The van der Waals surface area contributed by atoms with Gasteiger partial charge in [-0.05, 0) is 31.9 Å². The molecule has 0 unspecified atom stereocenters. The lowest BCUT2D eigenvalue weighted by Gasteiger charge is -2.33. The van der Waals surface area contributed by atoms with Crippen LogP contribution in [0.1, 0.15) is 32.5 Å². The third-order valence-electron chi connectivity index (χ3n) is 5.02. The van der Waals surface area contributed by atoms with Crippen LogP contribution >= 0.6 is 0 Å². The molecule has 144 valence electrons. The first kappa shape index (κ1) is 19.1. The number of hydrogen-bond donors (Lipinski definition) is 1. The van der Waals surface area contributed by atoms with Gasteiger partial charge >= 0.3 is 0 Å². The molecule has 1 fully saturated rings. The van der Waals surface area contributed by atoms with Crippen LogP contribution in [0, 0.1) is 12.8 Å². The highest BCUT2D eigenvalue weighted by molar-refractivity contribution is 5.80. The van der Waals surface area contributed by atoms with Crippen LogP contribution in [-0.2, 0) is 16.1 Å². The standard InChI is InChI=1S/C20H26N4O3/c1-13(2)19(26)23-10-8-15(9-11-23)22-18(25)12-24-14(3)21-17-7-5-4-6-16(17)20(24)27/h4-7,13,15H,8-12H2,1-3H3,(H,22,25). The van der Waals surface area contributed by atoms with Gasteiger partial charge in [0.05, 0.1) is 10.9 Å². The predicted octanol–water partition coefficient (Wildman–Crippen LogP) is 1.47. The number of benzene rings is 1. The highest BCUT2D eigenvalue weighted by Gasteiger charge is 2.25. The van der Waals surface area contributed by atoms with Crippen molar-refractivity contribution in [2.45, 2.75) is 46.2 Å². The highest BCUT2D eigenvalue weighted by Crippen LogP contribution is 2.13. The van der Waals surface area contributed by atoms with Gasteiger partial charge in [0.1, 0.15) is 12.4 Å². The van der Waals surface area contributed by atoms with E-state index >= 15 is 0 Å². The molecule has 2 aromatic rings. The van der Waals surface area contributed by atoms with Crippen LogP contribution in [0.5, 0.6) is 0 Å². The third kappa shape index (κ3) is 4.18. The van der Waals surface area contributed by atoms with E-state index in [0.717, 1.165) is 12.8 Å². The zero-order chi connectivity index (χ0) is 19.6. The number of para-hydroxylation sites is 1. The van der Waals surface area contributed by atoms with Crippen LogP contribution in [0.2, 0.25) is 0 Å². The molecule has 1 aromatic carbocycles. The van der Waals surface area contributed by atoms with E-state index < -0.39 is 0 Å². The van der Waals surface area contributed by atoms with E-state index in [1.54, 1.807) is 25.1 Å². The monoisotopic (exact) mass is 370 g/mol. The van der Waals surface area contributed by atoms with E-state index in [9.17, 15) is 14.4 Å². The SMILES string of the molecule is Cc1nc2ccccc2c(=O)n1CC(=O)NC1CCN(C(=O)C(C)C)CC1. The predicted molar refractivity (Wildman–Crippen MR) is 103 cm³/mol. The van der Waals surface area contributed by atoms with Gasteiger partial charge in [0.15, 0.2) is 0 Å². The summed E-state index contributed by atoms with van der Waals surface area (Å²) >= 11 is 0. The van der Waals surface area contributed by atoms with E-state index in [1.165, 1.54) is 4.57 Å². The molecule has 1 N–H and O–H groups in total. The average molecular weight is 370 g/mol. The molecule has 2 heterocycles. The molecule has 1 aliphatic heterocycles. The Morgan fingerprint density at radius 3 is 2.56 bits per heavy atom. The lowest BCUT2D eigenvalue weighted by atomic mass is 10.0. The van der Waals surface area contributed by atoms with Crippen LogP contribution in [0.3, 0.4) is 0 Å². The Morgan fingerprint density at radius 1 is 1.22 bits per heavy atom. The fourth-order valence-corrected chi connectivity index (χ4v) is 3.49. The fourth-order valence-electron chi connectivity index (χ4n) is 3.49. The summed E-state index contributed by atoms with van der Waals surface area (Å²) in [6, 6.07) is 7.16. The summed E-state index contributed by atoms with van der Waals surface area (Å²) in [5.41, 5.74) is 0.435. The van der Waals surface area contributed by atoms with Gasteiger partial charge in [-0.1, -0.05) is 26.0 Å². The molecule has 1 aromatic heterocycles. The van der Waals surface area contributed by atoms with Gasteiger partial charge in [0.25, 0.3) is 5.56 Å². The molecule has 7 nitrogen and oxygen atoms in total. The van der Waals surface area contributed by atoms with Crippen molar-refractivity contribution in [3.8, 4) is 0 Å². The van der Waals surface area contributed by atoms with Crippen molar-refractivity contribution in [1.29, 1.82) is 0 Å². The third-order valence-corrected chi connectivity index (χ3v) is 5.02. The lowest BCUT2D eigenvalue weighted by Crippen LogP contribution is -2.48. The number of nitrogens with one attached hydrogen (secondary N) is 1. The Hall–Kier alpha value is -2.70. The molecule has 0 aliphatic carbocycles. The summed E-state index contributed by atoms with van der Waals surface area (Å²) in [6.07, 6.45) is 1.46. The Balaban J connectivity index is 1.63. The van der Waals surface area contributed by atoms with Gasteiger partial charge in [-0.3, -0.25) is 19.0 Å². The second kappa shape index (κ2) is 7.90. The van der Waals surface area contributed by atoms with Crippen LogP contribution in [0.4, 0.5) is 0 Å². The molecule has 27 heavy (non-hydrogen) atoms. The van der Waals surface area contributed by atoms with Crippen LogP contribution in [0.25, 0.3) is 10.9 Å². The molecule has 0 bridgehead atoms. The van der Waals surface area contributed by atoms with Crippen molar-refractivity contribution in [2.75, 3.05) is 13.1 Å². The van der Waals surface area contributed by atoms with Gasteiger partial charge in [-0.15, -0.1) is 0 Å². The van der Waals surface area contributed by atoms with Gasteiger partial charge in [-0.2, -0.15) is 0 Å². The maximum absolute atomic E-state index is 12.7. The summed E-state index contributed by atoms with van der Waals surface area (Å²) in [5, 5.41) is 3.50. The molecule has 0 radical (unpaired) electrons. The minimum atomic E-state index is -0.203. The first-order valence-corrected chi connectivity index (χ1v) is 9.41. The molecular formula is C20H26N4O3. The fraction of sp³-hybridized carbons (Fsp3) is 0.500. The maximum atomic E-state index is 12.7. The molecule has 0 atom stereocenters. The van der Waals surface area contributed by atoms with E-state index in [2.05, 4.69) is 10.3 Å². The van der Waals surface area contributed by atoms with E-state index in [0.29, 0.717) is 29.8 Å². The van der Waals surface area contributed by atoms with Crippen molar-refractivity contribution in [3.63, 3.8) is 0 Å². The summed E-state index contributed by atoms with van der Waals surface area (Å²) in [5.74, 6) is 0.465. The number of rotatable bonds is 4. The molecule has 7 heteroatoms. The van der Waals surface area contributed by atoms with Crippen molar-refractivity contribution >= 4 is 22.7 Å². The normalized spacial score (nSPS) is 15.3. The van der Waals surface area contributed by atoms with E-state index in [1.807, 2.05) is 24.8 Å². The van der Waals surface area contributed by atoms with Crippen molar-refractivity contribution in [3.05, 3.63) is 40.4 Å². The first-order valence-electron chi connectivity index (χ1n) is 9.41. The van der Waals surface area contributed by atoms with E-state index in [-0.39, 0.29) is 35.9 Å². The summed E-state index contributed by atoms with van der Waals surface area (Å²) in [6.45, 7) is 6.78. The minimum absolute atomic E-state index is 0.00797. The topological polar surface area (TPSA) is 84.3 Å². The molecule has 3 rings (SSSR count). The number of carbonyl (C=O) groups is 2. The number of fused-ring (bicyclic) bond motifs is 1. The molecule has 1 aliphatic rings. The number of aromatic nitrogens is 2. The van der Waals surface area contributed by atoms with Crippen molar-refractivity contribution < 1.29 is 9.59 Å². The number of nitrogens with zero attached hydrogens (tertiary/aromatic N) is 3. The van der Waals surface area contributed by atoms with Crippen LogP contribution < -0.4 is 10.9 Å². The van der Waals surface area contributed by atoms with Gasteiger partial charge in [-0.25, -0.2) is 4.98 Å². The van der Waals surface area contributed by atoms with Crippen molar-refractivity contribution in [2.24, 2.45) is 5.92 Å². The van der Waals surface area contributed by atoms with Gasteiger partial charge < -0.3 is 10.2 Å². The zero-order valence-electron chi connectivity index (χ0n) is 16.1. The largest absolute Gasteiger partial charge is 0.352 e. The Labute approximate surface area is 158 Å². The van der Waals surface area contributed by atoms with Crippen LogP contribution in [0.15, 0.2) is 29.1 Å². The van der Waals surface area contributed by atoms with Gasteiger partial charge in [0, 0.05) is 25.0 Å². The molecule has 2 amide bonds. The second-order valence-corrected chi connectivity index (χ2v) is 7.39. The zero-order valence-corrected chi connectivity index (χ0v) is 16.1. The Bertz CT molecular complexity index is 911. The first-order chi connectivity index (χ1) is 12.9. The number of piperidine rings is 1. The summed E-state index contributed by atoms with van der Waals surface area (Å²) in [7, 11) is 0. The number of amides is 2. The number of likely N-dealkylation sites (tertiary alicyclic amines) is 1. The Kier molecular flexibility index (Phi) is 5.58. The smallest absolute Gasteiger partial charge is 0.261 e. The molecular weight excluding hydrogens is 344 g/mol. The Morgan fingerprint density at radius 2 is 1.89 bits per heavy atom. The number of aryl methyl sites for hydroxylation is 1. The summed E-state index contributed by atoms with van der Waals surface area (Å²) in [4.78, 5) is 43.4. The minimum Gasteiger partial charge on any atom is -0.352 e. The second-order valence-electron chi connectivity index (χ2n) is 7.39. The molecule has 0 spiro atoms. The number of hydrogen-bond acceptors (Lipinski definition) is 4. The van der Waals surface area contributed by atoms with Crippen molar-refractivity contribution in [1.82, 2.24) is 19.8 Å². The van der Waals surface area contributed by atoms with E-state index in [4.69, 9.17) is 0 Å². The average Bonchev–Trinajstić information content (AvgIpc) is 2.65. The lowest BCUT2D eigenvalue weighted by molar-refractivity contribution is -0.135. The highest BCUT2D eigenvalue weighted by atomic mass is 16.2. The maximum Gasteiger partial charge on any atom is 0.261 e. The number of carbonyl (C=O) groups excluding carboxylic acids is 2. The molecule has 0 saturated carbocycles. The molecule has 1 saturated heterocycles. The van der Waals surface area contributed by atoms with Crippen LogP contribution in [-0.4, -0.2) is 45.4 Å². The quantitative estimate of drug-likeness (QED) is 0.883. The summed E-state index contributed by atoms with van der Waals surface area (Å²) < 4.78 is 1.41.